The number of carbonyl (C=O) groups is 1. The van der Waals surface area contributed by atoms with Crippen molar-refractivity contribution < 1.29 is 4.79 Å². The zero-order valence-electron chi connectivity index (χ0n) is 16.5. The van der Waals surface area contributed by atoms with Crippen LogP contribution in [0.25, 0.3) is 0 Å². The Kier molecular flexibility index (Phi) is 5.34. The van der Waals surface area contributed by atoms with Crippen molar-refractivity contribution >= 4 is 17.7 Å². The zero-order chi connectivity index (χ0) is 19.5. The van der Waals surface area contributed by atoms with E-state index in [9.17, 15) is 4.79 Å². The maximum Gasteiger partial charge on any atom is 0.272 e. The second kappa shape index (κ2) is 8.05. The third-order valence-corrected chi connectivity index (χ3v) is 5.27. The molecule has 0 atom stereocenters. The highest BCUT2D eigenvalue weighted by Crippen LogP contribution is 2.18. The Balaban J connectivity index is 1.45. The summed E-state index contributed by atoms with van der Waals surface area (Å²) in [4.78, 5) is 39.0. The van der Waals surface area contributed by atoms with Gasteiger partial charge in [0.05, 0.1) is 0 Å². The fraction of sp³-hybridized carbons (Fsp3) is 0.526. The van der Waals surface area contributed by atoms with Crippen LogP contribution in [0.15, 0.2) is 24.5 Å². The van der Waals surface area contributed by atoms with Gasteiger partial charge in [-0.3, -0.25) is 4.79 Å². The van der Waals surface area contributed by atoms with Crippen LogP contribution in [0.1, 0.15) is 16.3 Å². The maximum atomic E-state index is 12.9. The van der Waals surface area contributed by atoms with E-state index in [0.29, 0.717) is 11.5 Å². The van der Waals surface area contributed by atoms with Crippen molar-refractivity contribution in [3.05, 3.63) is 36.0 Å². The Bertz CT molecular complexity index is 814. The number of rotatable bonds is 3. The molecule has 0 bridgehead atoms. The van der Waals surface area contributed by atoms with E-state index in [1.54, 1.807) is 12.4 Å². The van der Waals surface area contributed by atoms with Crippen molar-refractivity contribution in [2.75, 3.05) is 69.2 Å². The van der Waals surface area contributed by atoms with Crippen molar-refractivity contribution in [2.24, 2.45) is 0 Å². The number of hydrogen-bond donors (Lipinski definition) is 0. The quantitative estimate of drug-likeness (QED) is 0.749. The lowest BCUT2D eigenvalue weighted by molar-refractivity contribution is 0.0658. The number of carbonyl (C=O) groups excluding carboxylic acids is 1. The first-order chi connectivity index (χ1) is 13.6. The van der Waals surface area contributed by atoms with Gasteiger partial charge in [0, 0.05) is 70.8 Å². The third kappa shape index (κ3) is 4.04. The Morgan fingerprint density at radius 2 is 1.54 bits per heavy atom. The van der Waals surface area contributed by atoms with Gasteiger partial charge in [0.15, 0.2) is 0 Å². The van der Waals surface area contributed by atoms with Gasteiger partial charge in [0.2, 0.25) is 5.95 Å². The average Bonchev–Trinajstić information content (AvgIpc) is 2.74. The second-order valence-electron chi connectivity index (χ2n) is 7.28. The molecule has 0 unspecified atom stereocenters. The molecule has 0 aromatic carbocycles. The number of hydrogen-bond acceptors (Lipinski definition) is 8. The molecular formula is C19H26N8O. The summed E-state index contributed by atoms with van der Waals surface area (Å²) in [5.74, 6) is 2.20. The van der Waals surface area contributed by atoms with E-state index < -0.39 is 0 Å². The van der Waals surface area contributed by atoms with E-state index >= 15 is 0 Å². The molecule has 2 saturated heterocycles. The van der Waals surface area contributed by atoms with E-state index in [1.807, 2.05) is 24.0 Å². The van der Waals surface area contributed by atoms with Crippen LogP contribution in [-0.4, -0.2) is 95.0 Å². The standard InChI is InChI=1S/C19H26N8O/c1-15-22-16(18(28)26-8-6-24(2)7-9-26)14-17(23-15)25-10-12-27(13-11-25)19-20-4-3-5-21-19/h3-5,14H,6-13H2,1-2H3. The molecule has 148 valence electrons. The molecule has 1 amide bonds. The van der Waals surface area contributed by atoms with Gasteiger partial charge < -0.3 is 19.6 Å². The third-order valence-electron chi connectivity index (χ3n) is 5.27. The normalized spacial score (nSPS) is 18.4. The Labute approximate surface area is 165 Å². The van der Waals surface area contributed by atoms with E-state index in [2.05, 4.69) is 41.7 Å². The highest BCUT2D eigenvalue weighted by molar-refractivity contribution is 5.93. The molecule has 0 N–H and O–H groups in total. The average molecular weight is 382 g/mol. The number of likely N-dealkylation sites (N-methyl/N-ethyl adjacent to an activating group) is 1. The molecule has 0 radical (unpaired) electrons. The molecule has 9 heteroatoms. The molecule has 0 saturated carbocycles. The molecule has 28 heavy (non-hydrogen) atoms. The SMILES string of the molecule is Cc1nc(C(=O)N2CCN(C)CC2)cc(N2CCN(c3ncccn3)CC2)n1. The van der Waals surface area contributed by atoms with E-state index in [0.717, 1.165) is 64.1 Å². The number of nitrogens with zero attached hydrogens (tertiary/aromatic N) is 8. The number of aryl methyl sites for hydroxylation is 1. The zero-order valence-corrected chi connectivity index (χ0v) is 16.5. The summed E-state index contributed by atoms with van der Waals surface area (Å²) >= 11 is 0. The van der Waals surface area contributed by atoms with Gasteiger partial charge in [-0.15, -0.1) is 0 Å². The minimum absolute atomic E-state index is 0.00354. The predicted octanol–water partition coefficient (Wildman–Crippen LogP) is 0.289. The van der Waals surface area contributed by atoms with Crippen LogP contribution in [0.2, 0.25) is 0 Å². The van der Waals surface area contributed by atoms with Crippen molar-refractivity contribution in [1.29, 1.82) is 0 Å². The van der Waals surface area contributed by atoms with Gasteiger partial charge in [0.25, 0.3) is 5.91 Å². The predicted molar refractivity (Wildman–Crippen MR) is 107 cm³/mol. The summed E-state index contributed by atoms with van der Waals surface area (Å²) in [5, 5.41) is 0. The summed E-state index contributed by atoms with van der Waals surface area (Å²) in [6.07, 6.45) is 3.53. The fourth-order valence-electron chi connectivity index (χ4n) is 3.59. The minimum Gasteiger partial charge on any atom is -0.353 e. The molecule has 9 nitrogen and oxygen atoms in total. The van der Waals surface area contributed by atoms with Gasteiger partial charge in [0.1, 0.15) is 17.3 Å². The van der Waals surface area contributed by atoms with Crippen LogP contribution in [0.5, 0.6) is 0 Å². The van der Waals surface area contributed by atoms with Gasteiger partial charge in [-0.05, 0) is 20.0 Å². The minimum atomic E-state index is -0.00354. The lowest BCUT2D eigenvalue weighted by Gasteiger charge is -2.35. The Morgan fingerprint density at radius 3 is 2.21 bits per heavy atom. The number of piperazine rings is 2. The fourth-order valence-corrected chi connectivity index (χ4v) is 3.59. The number of anilines is 2. The van der Waals surface area contributed by atoms with Crippen molar-refractivity contribution in [1.82, 2.24) is 29.7 Å². The van der Waals surface area contributed by atoms with E-state index in [-0.39, 0.29) is 5.91 Å². The lowest BCUT2D eigenvalue weighted by atomic mass is 10.2. The molecule has 2 fully saturated rings. The second-order valence-corrected chi connectivity index (χ2v) is 7.28. The van der Waals surface area contributed by atoms with Gasteiger partial charge in [-0.2, -0.15) is 0 Å². The van der Waals surface area contributed by atoms with Crippen molar-refractivity contribution in [2.45, 2.75) is 6.92 Å². The molecule has 2 aromatic rings. The molecule has 0 spiro atoms. The molecule has 2 aliphatic heterocycles. The summed E-state index contributed by atoms with van der Waals surface area (Å²) in [6.45, 7) is 8.35. The highest BCUT2D eigenvalue weighted by atomic mass is 16.2. The van der Waals surface area contributed by atoms with Crippen molar-refractivity contribution in [3.63, 3.8) is 0 Å². The van der Waals surface area contributed by atoms with E-state index in [4.69, 9.17) is 0 Å². The number of amides is 1. The first-order valence-corrected chi connectivity index (χ1v) is 9.70. The summed E-state index contributed by atoms with van der Waals surface area (Å²) in [6, 6.07) is 3.66. The Hall–Kier alpha value is -2.81. The van der Waals surface area contributed by atoms with Crippen LogP contribution in [0.3, 0.4) is 0 Å². The van der Waals surface area contributed by atoms with Gasteiger partial charge in [-0.1, -0.05) is 0 Å². The van der Waals surface area contributed by atoms with Crippen LogP contribution < -0.4 is 9.80 Å². The van der Waals surface area contributed by atoms with Crippen LogP contribution in [-0.2, 0) is 0 Å². The topological polar surface area (TPSA) is 81.6 Å². The molecule has 4 rings (SSSR count). The van der Waals surface area contributed by atoms with Gasteiger partial charge >= 0.3 is 0 Å². The Morgan fingerprint density at radius 1 is 0.893 bits per heavy atom. The van der Waals surface area contributed by atoms with E-state index in [1.165, 1.54) is 0 Å². The largest absolute Gasteiger partial charge is 0.353 e. The molecule has 2 aromatic heterocycles. The van der Waals surface area contributed by atoms with Crippen LogP contribution in [0, 0.1) is 6.92 Å². The van der Waals surface area contributed by atoms with Crippen LogP contribution >= 0.6 is 0 Å². The summed E-state index contributed by atoms with van der Waals surface area (Å²) in [7, 11) is 2.08. The number of aromatic nitrogens is 4. The molecule has 0 aliphatic carbocycles. The highest BCUT2D eigenvalue weighted by Gasteiger charge is 2.25. The first-order valence-electron chi connectivity index (χ1n) is 9.70. The maximum absolute atomic E-state index is 12.9. The smallest absolute Gasteiger partial charge is 0.272 e. The van der Waals surface area contributed by atoms with Crippen molar-refractivity contribution in [3.8, 4) is 0 Å². The van der Waals surface area contributed by atoms with Crippen LogP contribution in [0.4, 0.5) is 11.8 Å². The monoisotopic (exact) mass is 382 g/mol. The summed E-state index contributed by atoms with van der Waals surface area (Å²) in [5.41, 5.74) is 0.487. The molecule has 4 heterocycles. The van der Waals surface area contributed by atoms with Gasteiger partial charge in [-0.25, -0.2) is 19.9 Å². The molecule has 2 aliphatic rings. The molecular weight excluding hydrogens is 356 g/mol. The summed E-state index contributed by atoms with van der Waals surface area (Å²) < 4.78 is 0. The first kappa shape index (κ1) is 18.5. The lowest BCUT2D eigenvalue weighted by Crippen LogP contribution is -2.48.